The summed E-state index contributed by atoms with van der Waals surface area (Å²) >= 11 is 0. The van der Waals surface area contributed by atoms with Gasteiger partial charge in [0.25, 0.3) is 5.91 Å². The molecule has 0 aliphatic heterocycles. The summed E-state index contributed by atoms with van der Waals surface area (Å²) in [6.45, 7) is 2.42. The van der Waals surface area contributed by atoms with Crippen molar-refractivity contribution in [3.63, 3.8) is 0 Å². The number of hydrogen-bond acceptors (Lipinski definition) is 3. The quantitative estimate of drug-likeness (QED) is 0.751. The van der Waals surface area contributed by atoms with Crippen LogP contribution in [0.25, 0.3) is 0 Å². The van der Waals surface area contributed by atoms with Gasteiger partial charge in [-0.15, -0.1) is 0 Å². The maximum atomic E-state index is 12.8. The van der Waals surface area contributed by atoms with Gasteiger partial charge in [-0.05, 0) is 36.2 Å². The average Bonchev–Trinajstić information content (AvgIpc) is 3.15. The fourth-order valence-electron chi connectivity index (χ4n) is 2.68. The normalized spacial score (nSPS) is 13.2. The Bertz CT molecular complexity index is 831. The van der Waals surface area contributed by atoms with Gasteiger partial charge in [0.1, 0.15) is 0 Å². The SMILES string of the molecule is COC(C)(C(=O)Nc1cccc(Cn2cccn2)c1)c1ccccc1. The molecule has 0 saturated carbocycles. The molecule has 1 aromatic heterocycles. The predicted octanol–water partition coefficient (Wildman–Crippen LogP) is 3.43. The van der Waals surface area contributed by atoms with Gasteiger partial charge in [-0.3, -0.25) is 9.48 Å². The van der Waals surface area contributed by atoms with Gasteiger partial charge < -0.3 is 10.1 Å². The van der Waals surface area contributed by atoms with Crippen molar-refractivity contribution in [1.82, 2.24) is 9.78 Å². The smallest absolute Gasteiger partial charge is 0.260 e. The minimum atomic E-state index is -1.06. The summed E-state index contributed by atoms with van der Waals surface area (Å²) in [5.74, 6) is -0.211. The molecule has 1 atom stereocenters. The van der Waals surface area contributed by atoms with Crippen molar-refractivity contribution >= 4 is 11.6 Å². The van der Waals surface area contributed by atoms with Crippen molar-refractivity contribution in [3.8, 4) is 0 Å². The fourth-order valence-corrected chi connectivity index (χ4v) is 2.68. The summed E-state index contributed by atoms with van der Waals surface area (Å²) in [5.41, 5.74) is 1.54. The van der Waals surface area contributed by atoms with E-state index >= 15 is 0 Å². The Morgan fingerprint density at radius 3 is 2.64 bits per heavy atom. The number of methoxy groups -OCH3 is 1. The Labute approximate surface area is 147 Å². The number of benzene rings is 2. The van der Waals surface area contributed by atoms with Crippen LogP contribution in [0.15, 0.2) is 73.1 Å². The molecule has 5 nitrogen and oxygen atoms in total. The standard InChI is InChI=1S/C20H21N3O2/c1-20(25-2,17-9-4-3-5-10-17)19(24)22-18-11-6-8-16(14-18)15-23-13-7-12-21-23/h3-14H,15H2,1-2H3,(H,22,24). The minimum Gasteiger partial charge on any atom is -0.364 e. The van der Waals surface area contributed by atoms with E-state index in [1.165, 1.54) is 0 Å². The van der Waals surface area contributed by atoms with Gasteiger partial charge in [-0.25, -0.2) is 0 Å². The predicted molar refractivity (Wildman–Crippen MR) is 97.2 cm³/mol. The van der Waals surface area contributed by atoms with Crippen molar-refractivity contribution in [2.24, 2.45) is 0 Å². The molecule has 0 bridgehead atoms. The lowest BCUT2D eigenvalue weighted by Crippen LogP contribution is -2.39. The second-order valence-corrected chi connectivity index (χ2v) is 5.96. The second kappa shape index (κ2) is 7.32. The van der Waals surface area contributed by atoms with Crippen LogP contribution in [0.4, 0.5) is 5.69 Å². The largest absolute Gasteiger partial charge is 0.364 e. The Hall–Kier alpha value is -2.92. The first-order chi connectivity index (χ1) is 12.1. The van der Waals surface area contributed by atoms with E-state index in [1.54, 1.807) is 20.2 Å². The molecule has 128 valence electrons. The highest BCUT2D eigenvalue weighted by Crippen LogP contribution is 2.26. The summed E-state index contributed by atoms with van der Waals surface area (Å²) in [5, 5.41) is 7.16. The summed E-state index contributed by atoms with van der Waals surface area (Å²) in [7, 11) is 1.54. The van der Waals surface area contributed by atoms with Crippen LogP contribution in [0, 0.1) is 0 Å². The summed E-state index contributed by atoms with van der Waals surface area (Å²) in [4.78, 5) is 12.8. The van der Waals surface area contributed by atoms with Crippen molar-refractivity contribution in [2.45, 2.75) is 19.1 Å². The number of nitrogens with zero attached hydrogens (tertiary/aromatic N) is 2. The van der Waals surface area contributed by atoms with E-state index in [2.05, 4.69) is 10.4 Å². The fraction of sp³-hybridized carbons (Fsp3) is 0.200. The van der Waals surface area contributed by atoms with Crippen LogP contribution < -0.4 is 5.32 Å². The molecule has 0 saturated heterocycles. The van der Waals surface area contributed by atoms with Crippen LogP contribution in [-0.4, -0.2) is 22.8 Å². The Morgan fingerprint density at radius 1 is 1.16 bits per heavy atom. The van der Waals surface area contributed by atoms with E-state index in [0.29, 0.717) is 6.54 Å². The first-order valence-electron chi connectivity index (χ1n) is 8.10. The number of carbonyl (C=O) groups is 1. The molecule has 0 aliphatic rings. The molecule has 2 aromatic carbocycles. The first kappa shape index (κ1) is 16.9. The highest BCUT2D eigenvalue weighted by atomic mass is 16.5. The summed E-state index contributed by atoms with van der Waals surface area (Å²) < 4.78 is 7.38. The van der Waals surface area contributed by atoms with Gasteiger partial charge in [0.2, 0.25) is 0 Å². The van der Waals surface area contributed by atoms with Gasteiger partial charge in [0, 0.05) is 25.2 Å². The van der Waals surface area contributed by atoms with Crippen molar-refractivity contribution in [2.75, 3.05) is 12.4 Å². The molecule has 0 aliphatic carbocycles. The third-order valence-electron chi connectivity index (χ3n) is 4.25. The van der Waals surface area contributed by atoms with Crippen LogP contribution in [0.5, 0.6) is 0 Å². The van der Waals surface area contributed by atoms with Gasteiger partial charge in [-0.2, -0.15) is 5.10 Å². The van der Waals surface area contributed by atoms with E-state index < -0.39 is 5.60 Å². The van der Waals surface area contributed by atoms with E-state index in [4.69, 9.17) is 4.74 Å². The molecule has 0 radical (unpaired) electrons. The minimum absolute atomic E-state index is 0.211. The highest BCUT2D eigenvalue weighted by molar-refractivity contribution is 5.97. The van der Waals surface area contributed by atoms with Crippen LogP contribution in [0.2, 0.25) is 0 Å². The molecule has 1 heterocycles. The van der Waals surface area contributed by atoms with E-state index in [1.807, 2.05) is 71.5 Å². The number of aromatic nitrogens is 2. The van der Waals surface area contributed by atoms with Crippen LogP contribution in [0.1, 0.15) is 18.1 Å². The highest BCUT2D eigenvalue weighted by Gasteiger charge is 2.35. The van der Waals surface area contributed by atoms with Crippen molar-refractivity contribution in [3.05, 3.63) is 84.2 Å². The Balaban J connectivity index is 1.78. The second-order valence-electron chi connectivity index (χ2n) is 5.96. The molecule has 25 heavy (non-hydrogen) atoms. The monoisotopic (exact) mass is 335 g/mol. The zero-order chi connectivity index (χ0) is 17.7. The van der Waals surface area contributed by atoms with Gasteiger partial charge >= 0.3 is 0 Å². The molecule has 5 heteroatoms. The van der Waals surface area contributed by atoms with Crippen molar-refractivity contribution < 1.29 is 9.53 Å². The summed E-state index contributed by atoms with van der Waals surface area (Å²) in [6, 6.07) is 19.1. The first-order valence-corrected chi connectivity index (χ1v) is 8.10. The number of anilines is 1. The number of ether oxygens (including phenoxy) is 1. The molecule has 1 N–H and O–H groups in total. The zero-order valence-electron chi connectivity index (χ0n) is 14.3. The van der Waals surface area contributed by atoms with E-state index in [-0.39, 0.29) is 5.91 Å². The number of rotatable bonds is 6. The van der Waals surface area contributed by atoms with Gasteiger partial charge in [0.05, 0.1) is 6.54 Å². The Kier molecular flexibility index (Phi) is 4.95. The molecule has 0 spiro atoms. The number of hydrogen-bond donors (Lipinski definition) is 1. The van der Waals surface area contributed by atoms with Crippen LogP contribution >= 0.6 is 0 Å². The Morgan fingerprint density at radius 2 is 1.96 bits per heavy atom. The van der Waals surface area contributed by atoms with Crippen molar-refractivity contribution in [1.29, 1.82) is 0 Å². The zero-order valence-corrected chi connectivity index (χ0v) is 14.3. The number of amides is 1. The maximum Gasteiger partial charge on any atom is 0.260 e. The van der Waals surface area contributed by atoms with Gasteiger partial charge in [0.15, 0.2) is 5.60 Å². The molecule has 1 amide bonds. The third kappa shape index (κ3) is 3.78. The third-order valence-corrected chi connectivity index (χ3v) is 4.25. The molecule has 1 unspecified atom stereocenters. The maximum absolute atomic E-state index is 12.8. The van der Waals surface area contributed by atoms with E-state index in [0.717, 1.165) is 16.8 Å². The van der Waals surface area contributed by atoms with Gasteiger partial charge in [-0.1, -0.05) is 42.5 Å². The molecular formula is C20H21N3O2. The molecule has 3 rings (SSSR count). The lowest BCUT2D eigenvalue weighted by Gasteiger charge is -2.27. The molecular weight excluding hydrogens is 314 g/mol. The topological polar surface area (TPSA) is 56.1 Å². The lowest BCUT2D eigenvalue weighted by atomic mass is 9.94. The lowest BCUT2D eigenvalue weighted by molar-refractivity contribution is -0.136. The summed E-state index contributed by atoms with van der Waals surface area (Å²) in [6.07, 6.45) is 3.65. The van der Waals surface area contributed by atoms with E-state index in [9.17, 15) is 4.79 Å². The molecule has 0 fully saturated rings. The van der Waals surface area contributed by atoms with Crippen LogP contribution in [0.3, 0.4) is 0 Å². The molecule has 3 aromatic rings. The number of carbonyl (C=O) groups excluding carboxylic acids is 1. The average molecular weight is 335 g/mol. The number of nitrogens with one attached hydrogen (secondary N) is 1. The van der Waals surface area contributed by atoms with Crippen LogP contribution in [-0.2, 0) is 21.7 Å².